The fraction of sp³-hybridized carbons (Fsp3) is 0.231. The fourth-order valence-corrected chi connectivity index (χ4v) is 1.80. The first kappa shape index (κ1) is 12.0. The lowest BCUT2D eigenvalue weighted by Gasteiger charge is -2.11. The highest BCUT2D eigenvalue weighted by Crippen LogP contribution is 2.16. The summed E-state index contributed by atoms with van der Waals surface area (Å²) in [6.07, 6.45) is 1.66. The van der Waals surface area contributed by atoms with Crippen LogP contribution in [0.15, 0.2) is 36.5 Å². The van der Waals surface area contributed by atoms with Crippen LogP contribution in [-0.2, 0) is 0 Å². The van der Waals surface area contributed by atoms with Gasteiger partial charge >= 0.3 is 0 Å². The molecule has 1 aromatic heterocycles. The number of benzene rings is 1. The Morgan fingerprint density at radius 2 is 2.18 bits per heavy atom. The first-order valence-corrected chi connectivity index (χ1v) is 6.55. The molecule has 0 bridgehead atoms. The van der Waals surface area contributed by atoms with Gasteiger partial charge in [-0.05, 0) is 19.1 Å². The number of carbonyl (C=O) groups excluding carboxylic acids is 1. The molecular formula is C13H13BrN2O. The molecule has 2 aromatic rings. The quantitative estimate of drug-likeness (QED) is 0.884. The Labute approximate surface area is 108 Å². The van der Waals surface area contributed by atoms with Crippen LogP contribution in [0.2, 0.25) is 0 Å². The fourth-order valence-electron chi connectivity index (χ4n) is 1.63. The van der Waals surface area contributed by atoms with Gasteiger partial charge in [0.1, 0.15) is 0 Å². The van der Waals surface area contributed by atoms with E-state index in [1.54, 1.807) is 12.3 Å². The zero-order valence-corrected chi connectivity index (χ0v) is 11.1. The normalized spacial score (nSPS) is 12.4. The highest BCUT2D eigenvalue weighted by atomic mass is 79.9. The smallest absolute Gasteiger partial charge is 0.252 e. The lowest BCUT2D eigenvalue weighted by Crippen LogP contribution is -2.33. The number of halogens is 1. The summed E-state index contributed by atoms with van der Waals surface area (Å²) < 4.78 is 0. The number of fused-ring (bicyclic) bond motifs is 1. The third-order valence-corrected chi connectivity index (χ3v) is 3.47. The Hall–Kier alpha value is -1.42. The lowest BCUT2D eigenvalue weighted by molar-refractivity contribution is 0.0945. The van der Waals surface area contributed by atoms with Crippen LogP contribution < -0.4 is 5.32 Å². The number of rotatable bonds is 3. The molecule has 0 saturated carbocycles. The topological polar surface area (TPSA) is 42.0 Å². The van der Waals surface area contributed by atoms with Gasteiger partial charge in [0.25, 0.3) is 5.91 Å². The summed E-state index contributed by atoms with van der Waals surface area (Å²) >= 11 is 3.34. The van der Waals surface area contributed by atoms with Crippen LogP contribution in [0.5, 0.6) is 0 Å². The Morgan fingerprint density at radius 1 is 1.41 bits per heavy atom. The number of aromatic nitrogens is 1. The first-order chi connectivity index (χ1) is 8.22. The largest absolute Gasteiger partial charge is 0.349 e. The van der Waals surface area contributed by atoms with Gasteiger partial charge in [0.15, 0.2) is 0 Å². The van der Waals surface area contributed by atoms with Crippen LogP contribution in [0.25, 0.3) is 10.9 Å². The third kappa shape index (κ3) is 2.64. The molecule has 0 aliphatic carbocycles. The number of hydrogen-bond acceptors (Lipinski definition) is 2. The van der Waals surface area contributed by atoms with Crippen molar-refractivity contribution in [2.24, 2.45) is 0 Å². The minimum atomic E-state index is -0.0597. The first-order valence-electron chi connectivity index (χ1n) is 5.43. The molecule has 88 valence electrons. The van der Waals surface area contributed by atoms with Crippen LogP contribution >= 0.6 is 15.9 Å². The molecule has 0 saturated heterocycles. The monoisotopic (exact) mass is 292 g/mol. The van der Waals surface area contributed by atoms with E-state index in [1.165, 1.54) is 0 Å². The molecule has 0 radical (unpaired) electrons. The van der Waals surface area contributed by atoms with E-state index in [-0.39, 0.29) is 11.9 Å². The van der Waals surface area contributed by atoms with Gasteiger partial charge < -0.3 is 5.32 Å². The molecule has 17 heavy (non-hydrogen) atoms. The van der Waals surface area contributed by atoms with E-state index in [0.717, 1.165) is 16.2 Å². The zero-order chi connectivity index (χ0) is 12.3. The number of hydrogen-bond donors (Lipinski definition) is 1. The SMILES string of the molecule is CC(CBr)NC(=O)c1ccnc2ccccc12. The minimum absolute atomic E-state index is 0.0597. The maximum Gasteiger partial charge on any atom is 0.252 e. The molecule has 4 heteroatoms. The average Bonchev–Trinajstić information content (AvgIpc) is 2.37. The summed E-state index contributed by atoms with van der Waals surface area (Å²) in [5, 5.41) is 4.55. The summed E-state index contributed by atoms with van der Waals surface area (Å²) in [5.41, 5.74) is 1.51. The van der Waals surface area contributed by atoms with E-state index >= 15 is 0 Å². The van der Waals surface area contributed by atoms with Crippen LogP contribution in [0.4, 0.5) is 0 Å². The van der Waals surface area contributed by atoms with Gasteiger partial charge in [0, 0.05) is 23.0 Å². The van der Waals surface area contributed by atoms with Gasteiger partial charge in [0.05, 0.1) is 11.1 Å². The Balaban J connectivity index is 2.38. The van der Waals surface area contributed by atoms with E-state index in [9.17, 15) is 4.79 Å². The van der Waals surface area contributed by atoms with Gasteiger partial charge in [0.2, 0.25) is 0 Å². The molecule has 1 aromatic carbocycles. The predicted molar refractivity (Wildman–Crippen MR) is 72.5 cm³/mol. The maximum absolute atomic E-state index is 12.1. The van der Waals surface area contributed by atoms with E-state index in [2.05, 4.69) is 26.2 Å². The molecule has 0 aliphatic heterocycles. The van der Waals surface area contributed by atoms with Gasteiger partial charge in [-0.25, -0.2) is 0 Å². The van der Waals surface area contributed by atoms with Crippen molar-refractivity contribution in [2.75, 3.05) is 5.33 Å². The standard InChI is InChI=1S/C13H13BrN2O/c1-9(8-14)16-13(17)11-6-7-15-12-5-3-2-4-10(11)12/h2-7,9H,8H2,1H3,(H,16,17). The molecule has 1 unspecified atom stereocenters. The lowest BCUT2D eigenvalue weighted by atomic mass is 10.1. The van der Waals surface area contributed by atoms with Crippen molar-refractivity contribution in [3.05, 3.63) is 42.1 Å². The van der Waals surface area contributed by atoms with Gasteiger partial charge in [-0.15, -0.1) is 0 Å². The van der Waals surface area contributed by atoms with Crippen molar-refractivity contribution in [1.82, 2.24) is 10.3 Å². The molecule has 1 atom stereocenters. The van der Waals surface area contributed by atoms with Gasteiger partial charge in [-0.2, -0.15) is 0 Å². The number of nitrogens with zero attached hydrogens (tertiary/aromatic N) is 1. The van der Waals surface area contributed by atoms with E-state index in [0.29, 0.717) is 5.56 Å². The number of carbonyl (C=O) groups is 1. The Morgan fingerprint density at radius 3 is 2.94 bits per heavy atom. The zero-order valence-electron chi connectivity index (χ0n) is 9.48. The van der Waals surface area contributed by atoms with Crippen molar-refractivity contribution in [3.63, 3.8) is 0 Å². The minimum Gasteiger partial charge on any atom is -0.349 e. The van der Waals surface area contributed by atoms with E-state index in [4.69, 9.17) is 0 Å². The van der Waals surface area contributed by atoms with Crippen molar-refractivity contribution >= 4 is 32.7 Å². The molecule has 3 nitrogen and oxygen atoms in total. The van der Waals surface area contributed by atoms with Crippen molar-refractivity contribution < 1.29 is 4.79 Å². The second-order valence-corrected chi connectivity index (χ2v) is 4.55. The molecule has 0 fully saturated rings. The highest BCUT2D eigenvalue weighted by Gasteiger charge is 2.11. The van der Waals surface area contributed by atoms with E-state index in [1.807, 2.05) is 31.2 Å². The van der Waals surface area contributed by atoms with Crippen molar-refractivity contribution in [3.8, 4) is 0 Å². The molecule has 1 N–H and O–H groups in total. The molecule has 0 aliphatic rings. The maximum atomic E-state index is 12.1. The van der Waals surface area contributed by atoms with Crippen molar-refractivity contribution in [1.29, 1.82) is 0 Å². The number of nitrogens with one attached hydrogen (secondary N) is 1. The number of pyridine rings is 1. The second kappa shape index (κ2) is 5.27. The number of amides is 1. The van der Waals surface area contributed by atoms with Gasteiger partial charge in [-0.3, -0.25) is 9.78 Å². The molecular weight excluding hydrogens is 280 g/mol. The Kier molecular flexibility index (Phi) is 3.74. The molecule has 0 spiro atoms. The molecule has 1 amide bonds. The molecule has 2 rings (SSSR count). The van der Waals surface area contributed by atoms with Crippen LogP contribution in [-0.4, -0.2) is 22.3 Å². The summed E-state index contributed by atoms with van der Waals surface area (Å²) in [7, 11) is 0. The Bertz CT molecular complexity index is 536. The van der Waals surface area contributed by atoms with Crippen LogP contribution in [0.1, 0.15) is 17.3 Å². The van der Waals surface area contributed by atoms with Crippen LogP contribution in [0.3, 0.4) is 0 Å². The van der Waals surface area contributed by atoms with E-state index < -0.39 is 0 Å². The van der Waals surface area contributed by atoms with Gasteiger partial charge in [-0.1, -0.05) is 34.1 Å². The summed E-state index contributed by atoms with van der Waals surface area (Å²) in [4.78, 5) is 16.3. The average molecular weight is 293 g/mol. The number of para-hydroxylation sites is 1. The van der Waals surface area contributed by atoms with Crippen molar-refractivity contribution in [2.45, 2.75) is 13.0 Å². The van der Waals surface area contributed by atoms with Crippen LogP contribution in [0, 0.1) is 0 Å². The molecule has 1 heterocycles. The second-order valence-electron chi connectivity index (χ2n) is 3.90. The summed E-state index contributed by atoms with van der Waals surface area (Å²) in [6, 6.07) is 9.50. The third-order valence-electron chi connectivity index (χ3n) is 2.50. The summed E-state index contributed by atoms with van der Waals surface area (Å²) in [5.74, 6) is -0.0597. The number of alkyl halides is 1. The summed E-state index contributed by atoms with van der Waals surface area (Å²) in [6.45, 7) is 1.95. The predicted octanol–water partition coefficient (Wildman–Crippen LogP) is 2.75. The highest BCUT2D eigenvalue weighted by molar-refractivity contribution is 9.09.